The van der Waals surface area contributed by atoms with Crippen LogP contribution in [0.25, 0.3) is 0 Å². The zero-order chi connectivity index (χ0) is 19.5. The molecule has 2 rings (SSSR count). The molecule has 1 unspecified atom stereocenters. The quantitative estimate of drug-likeness (QED) is 0.517. The monoisotopic (exact) mass is 362 g/mol. The second kappa shape index (κ2) is 7.85. The van der Waals surface area contributed by atoms with E-state index in [2.05, 4.69) is 0 Å². The molecule has 0 fully saturated rings. The molecule has 0 heterocycles. The molecule has 6 nitrogen and oxygen atoms in total. The Morgan fingerprint density at radius 3 is 1.96 bits per heavy atom. The molecular formula is C20H26O6. The Hall–Kier alpha value is -2.44. The third-order valence-electron chi connectivity index (χ3n) is 4.30. The predicted molar refractivity (Wildman–Crippen MR) is 97.8 cm³/mol. The van der Waals surface area contributed by atoms with Crippen molar-refractivity contribution < 1.29 is 30.3 Å². The maximum absolute atomic E-state index is 10.2. The van der Waals surface area contributed by atoms with Gasteiger partial charge >= 0.3 is 0 Å². The summed E-state index contributed by atoms with van der Waals surface area (Å²) in [5, 5.41) is 49.5. The second-order valence-electron chi connectivity index (χ2n) is 7.04. The van der Waals surface area contributed by atoms with Gasteiger partial charge in [0.15, 0.2) is 11.5 Å². The second-order valence-corrected chi connectivity index (χ2v) is 7.04. The van der Waals surface area contributed by atoms with Gasteiger partial charge in [0.25, 0.3) is 0 Å². The highest BCUT2D eigenvalue weighted by Gasteiger charge is 2.26. The van der Waals surface area contributed by atoms with E-state index >= 15 is 0 Å². The van der Waals surface area contributed by atoms with Crippen molar-refractivity contribution in [1.29, 1.82) is 0 Å². The van der Waals surface area contributed by atoms with Crippen LogP contribution in [0.15, 0.2) is 30.3 Å². The fraction of sp³-hybridized carbons (Fsp3) is 0.400. The first-order valence-corrected chi connectivity index (χ1v) is 8.41. The van der Waals surface area contributed by atoms with Crippen LogP contribution in [0.1, 0.15) is 30.5 Å². The molecule has 26 heavy (non-hydrogen) atoms. The number of aliphatic hydroxyl groups excluding tert-OH is 1. The summed E-state index contributed by atoms with van der Waals surface area (Å²) < 4.78 is 5.23. The van der Waals surface area contributed by atoms with E-state index in [9.17, 15) is 25.5 Å². The molecule has 1 atom stereocenters. The van der Waals surface area contributed by atoms with Crippen molar-refractivity contribution in [3.63, 3.8) is 0 Å². The molecule has 0 saturated carbocycles. The van der Waals surface area contributed by atoms with Gasteiger partial charge in [-0.3, -0.25) is 0 Å². The predicted octanol–water partition coefficient (Wildman–Crippen LogP) is 2.27. The summed E-state index contributed by atoms with van der Waals surface area (Å²) in [7, 11) is 1.43. The minimum absolute atomic E-state index is 0.00781. The molecule has 0 aliphatic carbocycles. The Balaban J connectivity index is 2.23. The summed E-state index contributed by atoms with van der Waals surface area (Å²) in [4.78, 5) is 0. The van der Waals surface area contributed by atoms with Gasteiger partial charge in [0.1, 0.15) is 11.5 Å². The van der Waals surface area contributed by atoms with Crippen molar-refractivity contribution in [2.45, 2.75) is 44.8 Å². The molecule has 2 aromatic carbocycles. The Bertz CT molecular complexity index is 743. The van der Waals surface area contributed by atoms with Crippen molar-refractivity contribution in [3.05, 3.63) is 47.0 Å². The molecule has 0 radical (unpaired) electrons. The Kier molecular flexibility index (Phi) is 6.00. The highest BCUT2D eigenvalue weighted by atomic mass is 16.5. The lowest BCUT2D eigenvalue weighted by Gasteiger charge is -2.25. The zero-order valence-electron chi connectivity index (χ0n) is 15.2. The van der Waals surface area contributed by atoms with E-state index < -0.39 is 11.7 Å². The van der Waals surface area contributed by atoms with E-state index in [1.807, 2.05) is 6.07 Å². The van der Waals surface area contributed by atoms with Gasteiger partial charge in [0.05, 0.1) is 18.8 Å². The Morgan fingerprint density at radius 1 is 0.923 bits per heavy atom. The van der Waals surface area contributed by atoms with E-state index in [0.717, 1.165) is 11.1 Å². The van der Waals surface area contributed by atoms with Crippen LogP contribution in [-0.2, 0) is 19.3 Å². The van der Waals surface area contributed by atoms with Gasteiger partial charge in [-0.2, -0.15) is 0 Å². The number of aryl methyl sites for hydroxylation is 2. The first-order chi connectivity index (χ1) is 12.1. The van der Waals surface area contributed by atoms with Crippen LogP contribution in [-0.4, -0.2) is 44.3 Å². The van der Waals surface area contributed by atoms with E-state index in [4.69, 9.17) is 4.74 Å². The summed E-state index contributed by atoms with van der Waals surface area (Å²) in [6.07, 6.45) is 0.197. The van der Waals surface area contributed by atoms with Crippen LogP contribution in [0.3, 0.4) is 0 Å². The van der Waals surface area contributed by atoms with Crippen LogP contribution >= 0.6 is 0 Å². The molecule has 142 valence electrons. The number of rotatable bonds is 7. The van der Waals surface area contributed by atoms with Crippen molar-refractivity contribution in [3.8, 4) is 23.0 Å². The number of hydrogen-bond donors (Lipinski definition) is 5. The van der Waals surface area contributed by atoms with Gasteiger partial charge in [0, 0.05) is 18.1 Å². The Labute approximate surface area is 152 Å². The lowest BCUT2D eigenvalue weighted by atomic mass is 9.93. The van der Waals surface area contributed by atoms with Crippen molar-refractivity contribution >= 4 is 0 Å². The van der Waals surface area contributed by atoms with Gasteiger partial charge in [-0.05, 0) is 56.0 Å². The van der Waals surface area contributed by atoms with Crippen LogP contribution in [0.5, 0.6) is 23.0 Å². The third-order valence-corrected chi connectivity index (χ3v) is 4.30. The summed E-state index contributed by atoms with van der Waals surface area (Å²) >= 11 is 0. The van der Waals surface area contributed by atoms with E-state index in [-0.39, 0.29) is 29.4 Å². The summed E-state index contributed by atoms with van der Waals surface area (Å²) in [5.41, 5.74) is 0.881. The topological polar surface area (TPSA) is 110 Å². The van der Waals surface area contributed by atoms with Crippen LogP contribution < -0.4 is 4.74 Å². The first-order valence-electron chi connectivity index (χ1n) is 8.41. The minimum Gasteiger partial charge on any atom is -0.508 e. The first kappa shape index (κ1) is 19.9. The summed E-state index contributed by atoms with van der Waals surface area (Å²) in [6, 6.07) is 7.81. The fourth-order valence-corrected chi connectivity index (χ4v) is 2.82. The molecular weight excluding hydrogens is 336 g/mol. The molecule has 0 amide bonds. The lowest BCUT2D eigenvalue weighted by molar-refractivity contribution is -0.0471. The average Bonchev–Trinajstić information content (AvgIpc) is 2.51. The van der Waals surface area contributed by atoms with Crippen LogP contribution in [0.2, 0.25) is 0 Å². The molecule has 5 N–H and O–H groups in total. The van der Waals surface area contributed by atoms with Gasteiger partial charge in [-0.15, -0.1) is 0 Å². The molecule has 6 heteroatoms. The lowest BCUT2D eigenvalue weighted by Crippen LogP contribution is -2.37. The summed E-state index contributed by atoms with van der Waals surface area (Å²) in [5.74, 6) is 0.215. The van der Waals surface area contributed by atoms with Crippen molar-refractivity contribution in [2.75, 3.05) is 7.11 Å². The molecule has 2 aromatic rings. The zero-order valence-corrected chi connectivity index (χ0v) is 15.2. The molecule has 0 aliphatic heterocycles. The van der Waals surface area contributed by atoms with Gasteiger partial charge in [-0.25, -0.2) is 0 Å². The average molecular weight is 362 g/mol. The number of aromatic hydroxyl groups is 3. The largest absolute Gasteiger partial charge is 0.508 e. The number of methoxy groups -OCH3 is 1. The molecule has 0 spiro atoms. The van der Waals surface area contributed by atoms with E-state index in [1.54, 1.807) is 18.2 Å². The Morgan fingerprint density at radius 2 is 1.46 bits per heavy atom. The number of phenolic OH excluding ortho intramolecular Hbond substituents is 3. The van der Waals surface area contributed by atoms with Crippen molar-refractivity contribution in [2.24, 2.45) is 0 Å². The highest BCUT2D eigenvalue weighted by molar-refractivity contribution is 5.49. The molecule has 0 aromatic heterocycles. The number of benzene rings is 2. The molecule has 0 aliphatic rings. The summed E-state index contributed by atoms with van der Waals surface area (Å²) in [6.45, 7) is 3.03. The SMILES string of the molecule is COc1c(O)cc(CCc2cc(O)cc(O)c2)cc1CC(O)C(C)(C)O. The van der Waals surface area contributed by atoms with Gasteiger partial charge in [0.2, 0.25) is 0 Å². The smallest absolute Gasteiger partial charge is 0.163 e. The normalized spacial score (nSPS) is 12.8. The maximum atomic E-state index is 10.2. The number of hydrogen-bond acceptors (Lipinski definition) is 6. The van der Waals surface area contributed by atoms with Crippen LogP contribution in [0.4, 0.5) is 0 Å². The van der Waals surface area contributed by atoms with Gasteiger partial charge < -0.3 is 30.3 Å². The standard InChI is InChI=1S/C20H26O6/c1-20(2,25)18(24)10-14-6-12(9-17(23)19(14)26-3)4-5-13-7-15(21)11-16(22)8-13/h6-9,11,18,21-25H,4-5,10H2,1-3H3. The number of ether oxygens (including phenoxy) is 1. The van der Waals surface area contributed by atoms with E-state index in [1.165, 1.54) is 27.0 Å². The van der Waals surface area contributed by atoms with Crippen molar-refractivity contribution in [1.82, 2.24) is 0 Å². The maximum Gasteiger partial charge on any atom is 0.163 e. The number of phenols is 3. The molecule has 0 bridgehead atoms. The molecule has 0 saturated heterocycles. The number of aliphatic hydroxyl groups is 2. The fourth-order valence-electron chi connectivity index (χ4n) is 2.82. The van der Waals surface area contributed by atoms with E-state index in [0.29, 0.717) is 18.4 Å². The van der Waals surface area contributed by atoms with Gasteiger partial charge in [-0.1, -0.05) is 6.07 Å². The third kappa shape index (κ3) is 5.03. The minimum atomic E-state index is -1.28. The highest BCUT2D eigenvalue weighted by Crippen LogP contribution is 2.34. The van der Waals surface area contributed by atoms with Crippen LogP contribution in [0, 0.1) is 0 Å².